The Morgan fingerprint density at radius 3 is 2.44 bits per heavy atom. The van der Waals surface area contributed by atoms with Crippen LogP contribution in [0.25, 0.3) is 0 Å². The van der Waals surface area contributed by atoms with Crippen LogP contribution in [0.2, 0.25) is 5.02 Å². The van der Waals surface area contributed by atoms with Gasteiger partial charge in [0.2, 0.25) is 0 Å². The number of nitrogens with one attached hydrogen (secondary N) is 3. The Morgan fingerprint density at radius 1 is 1.02 bits per heavy atom. The minimum absolute atomic E-state index is 0.148. The van der Waals surface area contributed by atoms with Gasteiger partial charge in [-0.15, -0.1) is 0 Å². The summed E-state index contributed by atoms with van der Waals surface area (Å²) in [4.78, 5) is 48.4. The molecule has 0 saturated carbocycles. The van der Waals surface area contributed by atoms with Crippen LogP contribution in [-0.2, 0) is 23.9 Å². The van der Waals surface area contributed by atoms with Crippen LogP contribution in [0.15, 0.2) is 46.7 Å². The van der Waals surface area contributed by atoms with Crippen molar-refractivity contribution < 1.29 is 47.6 Å². The number of hydrogen-bond acceptors (Lipinski definition) is 11. The molecule has 2 aromatic rings. The molecule has 230 valence electrons. The summed E-state index contributed by atoms with van der Waals surface area (Å²) in [7, 11) is 4.04. The molecule has 0 saturated heterocycles. The molecule has 1 heterocycles. The quantitative estimate of drug-likeness (QED) is 0.172. The number of rotatable bonds is 13. The molecule has 0 bridgehead atoms. The third-order valence-electron chi connectivity index (χ3n) is 5.86. The predicted molar refractivity (Wildman–Crippen MR) is 153 cm³/mol. The average molecular weight is 619 g/mol. The molecule has 3 rings (SSSR count). The Hall–Kier alpha value is -4.98. The van der Waals surface area contributed by atoms with E-state index in [9.17, 15) is 19.2 Å². The van der Waals surface area contributed by atoms with E-state index in [0.717, 1.165) is 0 Å². The van der Waals surface area contributed by atoms with Gasteiger partial charge in [-0.2, -0.15) is 5.10 Å². The largest absolute Gasteiger partial charge is 0.493 e. The molecule has 0 radical (unpaired) electrons. The van der Waals surface area contributed by atoms with E-state index < -0.39 is 36.5 Å². The fourth-order valence-electron chi connectivity index (χ4n) is 3.91. The summed E-state index contributed by atoms with van der Waals surface area (Å²) in [5.74, 6) is -0.846. The van der Waals surface area contributed by atoms with Crippen LogP contribution in [0, 0.1) is 0 Å². The van der Waals surface area contributed by atoms with Crippen molar-refractivity contribution >= 4 is 41.7 Å². The lowest BCUT2D eigenvalue weighted by atomic mass is 9.95. The number of ether oxygens (including phenoxy) is 6. The number of methoxy groups -OCH3 is 3. The summed E-state index contributed by atoms with van der Waals surface area (Å²) in [6, 6.07) is 6.55. The van der Waals surface area contributed by atoms with E-state index in [-0.39, 0.29) is 46.8 Å². The lowest BCUT2D eigenvalue weighted by Gasteiger charge is -2.28. The first kappa shape index (κ1) is 32.5. The predicted octanol–water partition coefficient (Wildman–Crippen LogP) is 2.63. The number of hydrogen-bond donors (Lipinski definition) is 3. The van der Waals surface area contributed by atoms with Crippen molar-refractivity contribution in [2.45, 2.75) is 19.9 Å². The van der Waals surface area contributed by atoms with Crippen LogP contribution in [0.1, 0.15) is 31.0 Å². The maximum atomic E-state index is 12.6. The number of carbonyl (C=O) groups excluding carboxylic acids is 4. The fraction of sp³-hybridized carbons (Fsp3) is 0.321. The third kappa shape index (κ3) is 8.52. The molecule has 1 aliphatic rings. The molecule has 0 spiro atoms. The number of carbonyl (C=O) groups is 4. The van der Waals surface area contributed by atoms with Gasteiger partial charge in [-0.3, -0.25) is 4.79 Å². The van der Waals surface area contributed by atoms with Gasteiger partial charge < -0.3 is 39.1 Å². The van der Waals surface area contributed by atoms with Crippen molar-refractivity contribution in [1.82, 2.24) is 16.1 Å². The van der Waals surface area contributed by atoms with E-state index in [1.165, 1.54) is 33.6 Å². The Balaban J connectivity index is 1.65. The smallest absolute Gasteiger partial charge is 0.343 e. The van der Waals surface area contributed by atoms with Crippen molar-refractivity contribution in [2.24, 2.45) is 5.10 Å². The number of nitrogens with zero attached hydrogens (tertiary/aromatic N) is 1. The summed E-state index contributed by atoms with van der Waals surface area (Å²) >= 11 is 6.25. The minimum Gasteiger partial charge on any atom is -0.493 e. The highest BCUT2D eigenvalue weighted by molar-refractivity contribution is 6.32. The topological polar surface area (TPSA) is 172 Å². The highest BCUT2D eigenvalue weighted by atomic mass is 35.5. The monoisotopic (exact) mass is 618 g/mol. The second-order valence-corrected chi connectivity index (χ2v) is 9.09. The summed E-state index contributed by atoms with van der Waals surface area (Å²) in [6.07, 6.45) is 1.33. The molecule has 3 amide bonds. The van der Waals surface area contributed by atoms with Crippen molar-refractivity contribution in [3.8, 4) is 23.0 Å². The summed E-state index contributed by atoms with van der Waals surface area (Å²) in [5, 5.41) is 9.33. The van der Waals surface area contributed by atoms with Gasteiger partial charge in [0.25, 0.3) is 5.91 Å². The molecule has 1 atom stereocenters. The fourth-order valence-corrected chi connectivity index (χ4v) is 4.18. The summed E-state index contributed by atoms with van der Waals surface area (Å²) in [6.45, 7) is 2.69. The molecule has 1 aliphatic heterocycles. The molecule has 0 aliphatic carbocycles. The van der Waals surface area contributed by atoms with Gasteiger partial charge in [0.1, 0.15) is 0 Å². The van der Waals surface area contributed by atoms with E-state index in [2.05, 4.69) is 25.9 Å². The van der Waals surface area contributed by atoms with E-state index in [1.807, 2.05) is 0 Å². The van der Waals surface area contributed by atoms with E-state index in [4.69, 9.17) is 35.3 Å². The zero-order valence-corrected chi connectivity index (χ0v) is 24.8. The van der Waals surface area contributed by atoms with Crippen LogP contribution in [-0.4, -0.2) is 71.2 Å². The molecule has 0 fully saturated rings. The molecule has 15 heteroatoms. The van der Waals surface area contributed by atoms with E-state index >= 15 is 0 Å². The lowest BCUT2D eigenvalue weighted by Crippen LogP contribution is -2.45. The van der Waals surface area contributed by atoms with Gasteiger partial charge in [0.05, 0.1) is 50.8 Å². The summed E-state index contributed by atoms with van der Waals surface area (Å²) in [5.41, 5.74) is 3.96. The number of benzene rings is 2. The van der Waals surface area contributed by atoms with Gasteiger partial charge in [0, 0.05) is 5.70 Å². The Kier molecular flexibility index (Phi) is 11.6. The molecular weight excluding hydrogens is 588 g/mol. The number of allylic oxidation sites excluding steroid dienone is 1. The van der Waals surface area contributed by atoms with Crippen LogP contribution in [0.5, 0.6) is 23.0 Å². The summed E-state index contributed by atoms with van der Waals surface area (Å²) < 4.78 is 31.3. The first-order chi connectivity index (χ1) is 20.6. The zero-order valence-electron chi connectivity index (χ0n) is 24.1. The number of amides is 3. The molecule has 0 unspecified atom stereocenters. The average Bonchev–Trinajstić information content (AvgIpc) is 2.98. The highest BCUT2D eigenvalue weighted by Crippen LogP contribution is 2.36. The number of urea groups is 1. The number of halogens is 1. The first-order valence-electron chi connectivity index (χ1n) is 12.8. The maximum Gasteiger partial charge on any atom is 0.343 e. The van der Waals surface area contributed by atoms with Gasteiger partial charge in [-0.05, 0) is 49.2 Å². The van der Waals surface area contributed by atoms with E-state index in [0.29, 0.717) is 16.8 Å². The zero-order chi connectivity index (χ0) is 31.5. The van der Waals surface area contributed by atoms with Crippen molar-refractivity contribution in [3.63, 3.8) is 0 Å². The number of esters is 2. The first-order valence-corrected chi connectivity index (χ1v) is 13.1. The van der Waals surface area contributed by atoms with Crippen LogP contribution >= 0.6 is 11.6 Å². The van der Waals surface area contributed by atoms with Crippen LogP contribution in [0.3, 0.4) is 0 Å². The van der Waals surface area contributed by atoms with Gasteiger partial charge in [-0.1, -0.05) is 17.7 Å². The molecule has 3 N–H and O–H groups in total. The molecule has 2 aromatic carbocycles. The SMILES string of the molecule is CCOC(=O)C1=C(C)NC(=O)N[C@H]1c1ccc(OCC(=O)N/N=C\c2cc(Cl)c(OCC(=O)OC)c(OC)c2)c(OC)c1. The van der Waals surface area contributed by atoms with Gasteiger partial charge in [-0.25, -0.2) is 19.8 Å². The third-order valence-corrected chi connectivity index (χ3v) is 6.14. The normalized spacial score (nSPS) is 14.4. The molecule has 43 heavy (non-hydrogen) atoms. The Bertz CT molecular complexity index is 1440. The minimum atomic E-state index is -0.797. The van der Waals surface area contributed by atoms with Crippen molar-refractivity contribution in [1.29, 1.82) is 0 Å². The van der Waals surface area contributed by atoms with E-state index in [1.54, 1.807) is 38.1 Å². The second-order valence-electron chi connectivity index (χ2n) is 8.68. The molecule has 14 nitrogen and oxygen atoms in total. The second kappa shape index (κ2) is 15.3. The molecular formula is C28H31ClN4O10. The van der Waals surface area contributed by atoms with Crippen LogP contribution in [0.4, 0.5) is 4.79 Å². The van der Waals surface area contributed by atoms with Gasteiger partial charge in [0.15, 0.2) is 36.2 Å². The highest BCUT2D eigenvalue weighted by Gasteiger charge is 2.32. The van der Waals surface area contributed by atoms with Crippen molar-refractivity contribution in [3.05, 3.63) is 57.8 Å². The molecule has 0 aromatic heterocycles. The standard InChI is InChI=1S/C28H31ClN4O10/c1-6-41-27(36)24-15(2)31-28(37)32-25(24)17-7-8-19(20(11-17)38-3)42-13-22(34)33-30-12-16-9-18(29)26(21(10-16)39-4)43-14-23(35)40-5/h7-12,25H,6,13-14H2,1-5H3,(H,33,34)(H2,31,32,37)/b30-12-/t25-/m0/s1. The van der Waals surface area contributed by atoms with Gasteiger partial charge >= 0.3 is 18.0 Å². The number of hydrazone groups is 1. The lowest BCUT2D eigenvalue weighted by molar-refractivity contribution is -0.143. The maximum absolute atomic E-state index is 12.6. The van der Waals surface area contributed by atoms with Crippen LogP contribution < -0.4 is 35.0 Å². The Morgan fingerprint density at radius 2 is 1.77 bits per heavy atom. The Labute approximate surface area is 252 Å². The van der Waals surface area contributed by atoms with Crippen molar-refractivity contribution in [2.75, 3.05) is 41.2 Å².